The van der Waals surface area contributed by atoms with Crippen molar-refractivity contribution in [1.29, 1.82) is 0 Å². The van der Waals surface area contributed by atoms with E-state index in [1.165, 1.54) is 0 Å². The summed E-state index contributed by atoms with van der Waals surface area (Å²) in [4.78, 5) is 16.9. The Balaban J connectivity index is 2.57. The van der Waals surface area contributed by atoms with Gasteiger partial charge in [0.15, 0.2) is 5.82 Å². The van der Waals surface area contributed by atoms with Crippen LogP contribution in [0, 0.1) is 0 Å². The van der Waals surface area contributed by atoms with Crippen molar-refractivity contribution in [2.24, 2.45) is 7.05 Å². The van der Waals surface area contributed by atoms with Crippen molar-refractivity contribution in [3.63, 3.8) is 0 Å². The highest BCUT2D eigenvalue weighted by Crippen LogP contribution is 2.21. The molecule has 0 bridgehead atoms. The standard InChI is InChI=1S/C11H16N6/c1-11(2,3)9-14-7(15-10(12)16-9)8-13-5-6-17(8)4/h5-6H,1-4H3,(H2,12,14,15,16). The largest absolute Gasteiger partial charge is 0.368 e. The molecule has 2 aromatic heterocycles. The summed E-state index contributed by atoms with van der Waals surface area (Å²) in [6.45, 7) is 6.10. The predicted molar refractivity (Wildman–Crippen MR) is 65.1 cm³/mol. The Morgan fingerprint density at radius 1 is 1.18 bits per heavy atom. The second-order valence-electron chi connectivity index (χ2n) is 4.95. The Kier molecular flexibility index (Phi) is 2.57. The fourth-order valence-corrected chi connectivity index (χ4v) is 1.41. The maximum absolute atomic E-state index is 5.71. The predicted octanol–water partition coefficient (Wildman–Crippen LogP) is 1.15. The van der Waals surface area contributed by atoms with Crippen molar-refractivity contribution in [1.82, 2.24) is 24.5 Å². The Bertz CT molecular complexity index is 537. The second kappa shape index (κ2) is 3.80. The highest BCUT2D eigenvalue weighted by molar-refractivity contribution is 5.45. The number of hydrogen-bond donors (Lipinski definition) is 1. The number of nitrogens with zero attached hydrogens (tertiary/aromatic N) is 5. The molecule has 0 aliphatic carbocycles. The third-order valence-electron chi connectivity index (χ3n) is 2.34. The molecule has 6 nitrogen and oxygen atoms in total. The van der Waals surface area contributed by atoms with Gasteiger partial charge in [-0.3, -0.25) is 0 Å². The average molecular weight is 232 g/mol. The second-order valence-corrected chi connectivity index (χ2v) is 4.95. The SMILES string of the molecule is Cn1ccnc1-c1nc(N)nc(C(C)(C)C)n1. The van der Waals surface area contributed by atoms with Gasteiger partial charge in [-0.05, 0) is 0 Å². The Morgan fingerprint density at radius 2 is 1.88 bits per heavy atom. The first-order valence-corrected chi connectivity index (χ1v) is 5.37. The zero-order valence-electron chi connectivity index (χ0n) is 10.5. The molecule has 0 unspecified atom stereocenters. The van der Waals surface area contributed by atoms with Crippen LogP contribution in [0.25, 0.3) is 11.6 Å². The van der Waals surface area contributed by atoms with E-state index in [2.05, 4.69) is 19.9 Å². The summed E-state index contributed by atoms with van der Waals surface area (Å²) in [5.41, 5.74) is 5.54. The first-order chi connectivity index (χ1) is 7.88. The van der Waals surface area contributed by atoms with Gasteiger partial charge in [0, 0.05) is 24.9 Å². The lowest BCUT2D eigenvalue weighted by Crippen LogP contribution is -2.19. The molecule has 0 atom stereocenters. The number of nitrogens with two attached hydrogens (primary N) is 1. The average Bonchev–Trinajstić information content (AvgIpc) is 2.62. The van der Waals surface area contributed by atoms with Gasteiger partial charge in [0.2, 0.25) is 11.8 Å². The molecule has 0 aliphatic heterocycles. The maximum Gasteiger partial charge on any atom is 0.223 e. The molecule has 2 heterocycles. The summed E-state index contributed by atoms with van der Waals surface area (Å²) in [5, 5.41) is 0. The number of imidazole rings is 1. The maximum atomic E-state index is 5.71. The quantitative estimate of drug-likeness (QED) is 0.797. The van der Waals surface area contributed by atoms with E-state index < -0.39 is 0 Å². The van der Waals surface area contributed by atoms with Crippen LogP contribution in [-0.2, 0) is 12.5 Å². The molecular weight excluding hydrogens is 216 g/mol. The van der Waals surface area contributed by atoms with Crippen molar-refractivity contribution < 1.29 is 0 Å². The lowest BCUT2D eigenvalue weighted by atomic mass is 9.96. The normalized spacial score (nSPS) is 11.8. The van der Waals surface area contributed by atoms with E-state index in [1.807, 2.05) is 38.6 Å². The zero-order valence-corrected chi connectivity index (χ0v) is 10.5. The van der Waals surface area contributed by atoms with Gasteiger partial charge in [0.05, 0.1) is 0 Å². The molecule has 0 amide bonds. The van der Waals surface area contributed by atoms with Gasteiger partial charge in [-0.15, -0.1) is 0 Å². The lowest BCUT2D eigenvalue weighted by molar-refractivity contribution is 0.543. The minimum Gasteiger partial charge on any atom is -0.368 e. The Morgan fingerprint density at radius 3 is 2.41 bits per heavy atom. The van der Waals surface area contributed by atoms with Gasteiger partial charge in [0.1, 0.15) is 5.82 Å². The van der Waals surface area contributed by atoms with Gasteiger partial charge in [-0.1, -0.05) is 20.8 Å². The fraction of sp³-hybridized carbons (Fsp3) is 0.455. The van der Waals surface area contributed by atoms with Gasteiger partial charge in [-0.2, -0.15) is 9.97 Å². The van der Waals surface area contributed by atoms with E-state index in [0.717, 1.165) is 0 Å². The first-order valence-electron chi connectivity index (χ1n) is 5.37. The van der Waals surface area contributed by atoms with Crippen molar-refractivity contribution in [3.05, 3.63) is 18.2 Å². The molecule has 6 heteroatoms. The summed E-state index contributed by atoms with van der Waals surface area (Å²) < 4.78 is 1.85. The van der Waals surface area contributed by atoms with Crippen LogP contribution in [0.5, 0.6) is 0 Å². The van der Waals surface area contributed by atoms with E-state index in [1.54, 1.807) is 6.20 Å². The molecular formula is C11H16N6. The van der Waals surface area contributed by atoms with Gasteiger partial charge < -0.3 is 10.3 Å². The molecule has 0 saturated heterocycles. The molecule has 0 aliphatic rings. The van der Waals surface area contributed by atoms with Crippen molar-refractivity contribution >= 4 is 5.95 Å². The van der Waals surface area contributed by atoms with Crippen molar-refractivity contribution in [3.8, 4) is 11.6 Å². The third kappa shape index (κ3) is 2.25. The van der Waals surface area contributed by atoms with Gasteiger partial charge in [-0.25, -0.2) is 9.97 Å². The van der Waals surface area contributed by atoms with Gasteiger partial charge >= 0.3 is 0 Å². The molecule has 0 radical (unpaired) electrons. The Labute approximate surface area is 100.0 Å². The van der Waals surface area contributed by atoms with Crippen LogP contribution >= 0.6 is 0 Å². The highest BCUT2D eigenvalue weighted by atomic mass is 15.1. The number of aryl methyl sites for hydroxylation is 1. The molecule has 0 fully saturated rings. The fourth-order valence-electron chi connectivity index (χ4n) is 1.41. The van der Waals surface area contributed by atoms with E-state index in [0.29, 0.717) is 17.5 Å². The summed E-state index contributed by atoms with van der Waals surface area (Å²) in [6, 6.07) is 0. The highest BCUT2D eigenvalue weighted by Gasteiger charge is 2.20. The molecule has 2 aromatic rings. The monoisotopic (exact) mass is 232 g/mol. The van der Waals surface area contributed by atoms with Crippen LogP contribution in [0.15, 0.2) is 12.4 Å². The van der Waals surface area contributed by atoms with E-state index in [-0.39, 0.29) is 11.4 Å². The van der Waals surface area contributed by atoms with Crippen LogP contribution in [0.4, 0.5) is 5.95 Å². The minimum absolute atomic E-state index is 0.170. The summed E-state index contributed by atoms with van der Waals surface area (Å²) in [7, 11) is 1.89. The van der Waals surface area contributed by atoms with Crippen LogP contribution in [0.2, 0.25) is 0 Å². The molecule has 90 valence electrons. The molecule has 2 N–H and O–H groups in total. The zero-order chi connectivity index (χ0) is 12.6. The molecule has 17 heavy (non-hydrogen) atoms. The summed E-state index contributed by atoms with van der Waals surface area (Å²) in [6.07, 6.45) is 3.54. The number of rotatable bonds is 1. The minimum atomic E-state index is -0.170. The van der Waals surface area contributed by atoms with E-state index in [4.69, 9.17) is 5.73 Å². The number of anilines is 1. The summed E-state index contributed by atoms with van der Waals surface area (Å²) >= 11 is 0. The van der Waals surface area contributed by atoms with Crippen LogP contribution in [0.3, 0.4) is 0 Å². The van der Waals surface area contributed by atoms with Crippen LogP contribution in [-0.4, -0.2) is 24.5 Å². The lowest BCUT2D eigenvalue weighted by Gasteiger charge is -2.16. The van der Waals surface area contributed by atoms with Crippen molar-refractivity contribution in [2.45, 2.75) is 26.2 Å². The topological polar surface area (TPSA) is 82.5 Å². The molecule has 0 saturated carbocycles. The third-order valence-corrected chi connectivity index (χ3v) is 2.34. The van der Waals surface area contributed by atoms with Crippen molar-refractivity contribution in [2.75, 3.05) is 5.73 Å². The van der Waals surface area contributed by atoms with E-state index in [9.17, 15) is 0 Å². The van der Waals surface area contributed by atoms with E-state index >= 15 is 0 Å². The Hall–Kier alpha value is -1.98. The number of nitrogen functional groups attached to an aromatic ring is 1. The first kappa shape index (κ1) is 11.5. The van der Waals surface area contributed by atoms with Crippen LogP contribution < -0.4 is 5.73 Å². The number of hydrogen-bond acceptors (Lipinski definition) is 5. The molecule has 2 rings (SSSR count). The smallest absolute Gasteiger partial charge is 0.223 e. The molecule has 0 spiro atoms. The molecule has 0 aromatic carbocycles. The van der Waals surface area contributed by atoms with Gasteiger partial charge in [0.25, 0.3) is 0 Å². The number of aromatic nitrogens is 5. The summed E-state index contributed by atoms with van der Waals surface area (Å²) in [5.74, 6) is 2.09. The van der Waals surface area contributed by atoms with Crippen LogP contribution in [0.1, 0.15) is 26.6 Å².